The number of carbonyl (C=O) groups is 1. The molecule has 0 heterocycles. The molecule has 100 valence electrons. The van der Waals surface area contributed by atoms with E-state index in [1.165, 1.54) is 18.4 Å². The molecular weight excluding hydrogens is 226 g/mol. The molecule has 3 nitrogen and oxygen atoms in total. The molecule has 0 saturated heterocycles. The smallest absolute Gasteiger partial charge is 0.407 e. The lowest BCUT2D eigenvalue weighted by molar-refractivity contribution is 0.144. The first-order valence-electron chi connectivity index (χ1n) is 6.77. The third kappa shape index (κ3) is 6.94. The summed E-state index contributed by atoms with van der Waals surface area (Å²) < 4.78 is 5.00. The third-order valence-corrected chi connectivity index (χ3v) is 2.76. The molecule has 0 saturated carbocycles. The predicted octanol–water partition coefficient (Wildman–Crippen LogP) is 3.54. The second-order valence-electron chi connectivity index (χ2n) is 4.32. The van der Waals surface area contributed by atoms with Crippen LogP contribution in [0.15, 0.2) is 30.3 Å². The molecule has 18 heavy (non-hydrogen) atoms. The van der Waals surface area contributed by atoms with Gasteiger partial charge in [0.05, 0.1) is 6.61 Å². The molecule has 1 amide bonds. The van der Waals surface area contributed by atoms with Crippen LogP contribution in [0, 0.1) is 0 Å². The molecule has 1 aromatic carbocycles. The Kier molecular flexibility index (Phi) is 7.69. The molecule has 0 radical (unpaired) electrons. The van der Waals surface area contributed by atoms with E-state index in [0.29, 0.717) is 13.2 Å². The van der Waals surface area contributed by atoms with Crippen LogP contribution in [0.3, 0.4) is 0 Å². The summed E-state index contributed by atoms with van der Waals surface area (Å²) >= 11 is 0. The van der Waals surface area contributed by atoms with Crippen LogP contribution in [0.1, 0.15) is 38.2 Å². The van der Waals surface area contributed by atoms with Crippen LogP contribution in [-0.2, 0) is 11.2 Å². The Hall–Kier alpha value is -1.51. The van der Waals surface area contributed by atoms with Gasteiger partial charge in [0.2, 0.25) is 0 Å². The van der Waals surface area contributed by atoms with E-state index >= 15 is 0 Å². The summed E-state index contributed by atoms with van der Waals surface area (Å²) in [6, 6.07) is 10.5. The van der Waals surface area contributed by atoms with Crippen LogP contribution in [-0.4, -0.2) is 19.2 Å². The van der Waals surface area contributed by atoms with E-state index in [4.69, 9.17) is 4.74 Å². The van der Waals surface area contributed by atoms with Crippen LogP contribution in [0.25, 0.3) is 0 Å². The minimum atomic E-state index is -0.304. The molecule has 0 atom stereocenters. The number of hydrogen-bond acceptors (Lipinski definition) is 2. The highest BCUT2D eigenvalue weighted by Crippen LogP contribution is 2.07. The van der Waals surface area contributed by atoms with Gasteiger partial charge in [-0.3, -0.25) is 0 Å². The van der Waals surface area contributed by atoms with Gasteiger partial charge in [-0.2, -0.15) is 0 Å². The van der Waals surface area contributed by atoms with Crippen molar-refractivity contribution in [2.24, 2.45) is 0 Å². The average Bonchev–Trinajstić information content (AvgIpc) is 2.39. The predicted molar refractivity (Wildman–Crippen MR) is 73.6 cm³/mol. The first-order valence-corrected chi connectivity index (χ1v) is 6.77. The summed E-state index contributed by atoms with van der Waals surface area (Å²) in [7, 11) is 0. The van der Waals surface area contributed by atoms with Gasteiger partial charge in [-0.25, -0.2) is 4.79 Å². The number of ether oxygens (including phenoxy) is 1. The zero-order valence-corrected chi connectivity index (χ0v) is 11.2. The Labute approximate surface area is 110 Å². The number of unbranched alkanes of at least 4 members (excludes halogenated alkanes) is 3. The molecule has 3 heteroatoms. The molecule has 0 fully saturated rings. The fourth-order valence-electron chi connectivity index (χ4n) is 1.79. The normalized spacial score (nSPS) is 10.1. The van der Waals surface area contributed by atoms with Crippen molar-refractivity contribution in [3.63, 3.8) is 0 Å². The van der Waals surface area contributed by atoms with E-state index in [0.717, 1.165) is 19.3 Å². The Bertz CT molecular complexity index is 325. The summed E-state index contributed by atoms with van der Waals surface area (Å²) in [5, 5.41) is 2.61. The quantitative estimate of drug-likeness (QED) is 0.716. The highest BCUT2D eigenvalue weighted by molar-refractivity contribution is 5.66. The molecule has 0 bridgehead atoms. The minimum absolute atomic E-state index is 0.304. The van der Waals surface area contributed by atoms with Crippen LogP contribution in [0.5, 0.6) is 0 Å². The lowest BCUT2D eigenvalue weighted by atomic mass is 10.1. The zero-order valence-electron chi connectivity index (χ0n) is 11.2. The Morgan fingerprint density at radius 2 is 1.83 bits per heavy atom. The molecule has 0 aliphatic rings. The molecule has 0 spiro atoms. The molecule has 1 N–H and O–H groups in total. The molecule has 0 unspecified atom stereocenters. The molecule has 1 rings (SSSR count). The van der Waals surface area contributed by atoms with Gasteiger partial charge in [-0.15, -0.1) is 0 Å². The van der Waals surface area contributed by atoms with Gasteiger partial charge in [-0.1, -0.05) is 43.2 Å². The number of hydrogen-bond donors (Lipinski definition) is 1. The fourth-order valence-corrected chi connectivity index (χ4v) is 1.79. The van der Waals surface area contributed by atoms with Gasteiger partial charge in [0.15, 0.2) is 0 Å². The lowest BCUT2D eigenvalue weighted by Crippen LogP contribution is -2.23. The monoisotopic (exact) mass is 249 g/mol. The van der Waals surface area contributed by atoms with E-state index in [2.05, 4.69) is 29.6 Å². The summed E-state index contributed by atoms with van der Waals surface area (Å²) in [5.41, 5.74) is 1.40. The maximum Gasteiger partial charge on any atom is 0.407 e. The number of amides is 1. The number of carbonyl (C=O) groups excluding carboxylic acids is 1. The standard InChI is InChI=1S/C15H23NO2/c1-2-16-15(17)18-13-9-4-3-6-10-14-11-7-5-8-12-14/h5,7-8,11-12H,2-4,6,9-10,13H2,1H3,(H,16,17). The van der Waals surface area contributed by atoms with Gasteiger partial charge < -0.3 is 10.1 Å². The maximum atomic E-state index is 11.0. The largest absolute Gasteiger partial charge is 0.450 e. The molecule has 1 aromatic rings. The topological polar surface area (TPSA) is 38.3 Å². The second kappa shape index (κ2) is 9.51. The van der Waals surface area contributed by atoms with Crippen LogP contribution < -0.4 is 5.32 Å². The summed E-state index contributed by atoms with van der Waals surface area (Å²) in [6.07, 6.45) is 5.29. The summed E-state index contributed by atoms with van der Waals surface area (Å²) in [6.45, 7) is 3.03. The fraction of sp³-hybridized carbons (Fsp3) is 0.533. The molecular formula is C15H23NO2. The van der Waals surface area contributed by atoms with Crippen molar-refractivity contribution in [3.05, 3.63) is 35.9 Å². The second-order valence-corrected chi connectivity index (χ2v) is 4.32. The highest BCUT2D eigenvalue weighted by Gasteiger charge is 1.98. The van der Waals surface area contributed by atoms with E-state index in [1.54, 1.807) is 0 Å². The van der Waals surface area contributed by atoms with Gasteiger partial charge in [0.25, 0.3) is 0 Å². The van der Waals surface area contributed by atoms with E-state index < -0.39 is 0 Å². The van der Waals surface area contributed by atoms with E-state index in [9.17, 15) is 4.79 Å². The van der Waals surface area contributed by atoms with Gasteiger partial charge in [-0.05, 0) is 31.7 Å². The number of rotatable bonds is 8. The Morgan fingerprint density at radius 1 is 1.11 bits per heavy atom. The number of nitrogens with one attached hydrogen (secondary N) is 1. The zero-order chi connectivity index (χ0) is 13.1. The summed E-state index contributed by atoms with van der Waals surface area (Å²) in [4.78, 5) is 11.0. The van der Waals surface area contributed by atoms with Gasteiger partial charge in [0, 0.05) is 6.54 Å². The highest BCUT2D eigenvalue weighted by atomic mass is 16.5. The van der Waals surface area contributed by atoms with Crippen LogP contribution >= 0.6 is 0 Å². The third-order valence-electron chi connectivity index (χ3n) is 2.76. The first-order chi connectivity index (χ1) is 8.83. The van der Waals surface area contributed by atoms with E-state index in [1.807, 2.05) is 13.0 Å². The van der Waals surface area contributed by atoms with Crippen molar-refractivity contribution in [1.29, 1.82) is 0 Å². The lowest BCUT2D eigenvalue weighted by Gasteiger charge is -2.05. The molecule has 0 aliphatic heterocycles. The SMILES string of the molecule is CCNC(=O)OCCCCCCc1ccccc1. The first kappa shape index (κ1) is 14.6. The van der Waals surface area contributed by atoms with Crippen molar-refractivity contribution in [3.8, 4) is 0 Å². The minimum Gasteiger partial charge on any atom is -0.450 e. The Morgan fingerprint density at radius 3 is 2.56 bits per heavy atom. The molecule has 0 aromatic heterocycles. The summed E-state index contributed by atoms with van der Waals surface area (Å²) in [5.74, 6) is 0. The van der Waals surface area contributed by atoms with Crippen molar-refractivity contribution in [2.75, 3.05) is 13.2 Å². The van der Waals surface area contributed by atoms with Gasteiger partial charge in [0.1, 0.15) is 0 Å². The van der Waals surface area contributed by atoms with Crippen LogP contribution in [0.4, 0.5) is 4.79 Å². The number of alkyl carbamates (subject to hydrolysis) is 1. The van der Waals surface area contributed by atoms with Crippen molar-refractivity contribution in [2.45, 2.75) is 39.0 Å². The van der Waals surface area contributed by atoms with Crippen molar-refractivity contribution >= 4 is 6.09 Å². The number of benzene rings is 1. The Balaban J connectivity index is 1.92. The molecule has 0 aliphatic carbocycles. The van der Waals surface area contributed by atoms with Crippen LogP contribution in [0.2, 0.25) is 0 Å². The average molecular weight is 249 g/mol. The number of aryl methyl sites for hydroxylation is 1. The van der Waals surface area contributed by atoms with Gasteiger partial charge >= 0.3 is 6.09 Å². The van der Waals surface area contributed by atoms with Crippen molar-refractivity contribution in [1.82, 2.24) is 5.32 Å². The van der Waals surface area contributed by atoms with E-state index in [-0.39, 0.29) is 6.09 Å². The maximum absolute atomic E-state index is 11.0. The van der Waals surface area contributed by atoms with Crippen molar-refractivity contribution < 1.29 is 9.53 Å².